The summed E-state index contributed by atoms with van der Waals surface area (Å²) in [5, 5.41) is 0. The van der Waals surface area contributed by atoms with Crippen molar-refractivity contribution in [3.8, 4) is 11.5 Å². The van der Waals surface area contributed by atoms with Crippen LogP contribution in [-0.2, 0) is 13.0 Å². The summed E-state index contributed by atoms with van der Waals surface area (Å²) in [6.45, 7) is 3.50. The number of piperidine rings is 1. The first-order chi connectivity index (χ1) is 15.0. The van der Waals surface area contributed by atoms with Gasteiger partial charge < -0.3 is 19.3 Å². The fourth-order valence-corrected chi connectivity index (χ4v) is 4.87. The topological polar surface area (TPSA) is 45.3 Å². The summed E-state index contributed by atoms with van der Waals surface area (Å²) in [4.78, 5) is 19.9. The van der Waals surface area contributed by atoms with Crippen molar-refractivity contribution < 1.29 is 14.3 Å². The van der Waals surface area contributed by atoms with E-state index in [0.717, 1.165) is 68.2 Å². The lowest BCUT2D eigenvalue weighted by Gasteiger charge is -2.41. The molecule has 6 heteroatoms. The highest BCUT2D eigenvalue weighted by atomic mass is 16.5. The Labute approximate surface area is 185 Å². The molecule has 0 aliphatic carbocycles. The van der Waals surface area contributed by atoms with Gasteiger partial charge in [-0.15, -0.1) is 0 Å². The van der Waals surface area contributed by atoms with Crippen LogP contribution in [0.4, 0.5) is 5.69 Å². The first kappa shape index (κ1) is 21.5. The van der Waals surface area contributed by atoms with Crippen LogP contribution in [0.3, 0.4) is 0 Å². The first-order valence-electron chi connectivity index (χ1n) is 11.0. The Morgan fingerprint density at radius 3 is 2.45 bits per heavy atom. The minimum absolute atomic E-state index is 0.137. The number of hydrogen-bond acceptors (Lipinski definition) is 5. The first-order valence-corrected chi connectivity index (χ1v) is 11.0. The average Bonchev–Trinajstić information content (AvgIpc) is 2.82. The second-order valence-electron chi connectivity index (χ2n) is 8.66. The average molecular weight is 424 g/mol. The molecule has 2 aromatic rings. The third-order valence-electron chi connectivity index (χ3n) is 6.56. The summed E-state index contributed by atoms with van der Waals surface area (Å²) in [5.41, 5.74) is 4.39. The quantitative estimate of drug-likeness (QED) is 0.737. The molecule has 1 unspecified atom stereocenters. The Balaban J connectivity index is 1.49. The summed E-state index contributed by atoms with van der Waals surface area (Å²) in [6, 6.07) is 12.5. The minimum Gasteiger partial charge on any atom is -0.493 e. The van der Waals surface area contributed by atoms with Crippen molar-refractivity contribution in [2.45, 2.75) is 31.8 Å². The lowest BCUT2D eigenvalue weighted by Crippen LogP contribution is -2.51. The number of carbonyl (C=O) groups excluding carboxylic acids is 1. The number of carbonyl (C=O) groups is 1. The molecule has 1 fully saturated rings. The number of ether oxygens (including phenoxy) is 2. The minimum atomic E-state index is 0.137. The van der Waals surface area contributed by atoms with E-state index in [0.29, 0.717) is 6.04 Å². The fraction of sp³-hybridized carbons (Fsp3) is 0.480. The summed E-state index contributed by atoms with van der Waals surface area (Å²) in [6.07, 6.45) is 3.15. The Kier molecular flexibility index (Phi) is 6.37. The van der Waals surface area contributed by atoms with Gasteiger partial charge in [-0.2, -0.15) is 0 Å². The zero-order valence-corrected chi connectivity index (χ0v) is 19.1. The molecule has 2 heterocycles. The van der Waals surface area contributed by atoms with E-state index in [2.05, 4.69) is 17.0 Å². The summed E-state index contributed by atoms with van der Waals surface area (Å²) >= 11 is 0. The van der Waals surface area contributed by atoms with E-state index in [9.17, 15) is 4.79 Å². The number of nitrogens with zero attached hydrogens (tertiary/aromatic N) is 3. The molecule has 0 bridgehead atoms. The van der Waals surface area contributed by atoms with Crippen molar-refractivity contribution in [1.82, 2.24) is 9.80 Å². The van der Waals surface area contributed by atoms with Crippen LogP contribution in [0.2, 0.25) is 0 Å². The third kappa shape index (κ3) is 4.35. The summed E-state index contributed by atoms with van der Waals surface area (Å²) in [5.74, 6) is 1.71. The molecule has 1 amide bonds. The smallest absolute Gasteiger partial charge is 0.256 e. The van der Waals surface area contributed by atoms with E-state index in [-0.39, 0.29) is 5.91 Å². The second-order valence-corrected chi connectivity index (χ2v) is 8.66. The molecular formula is C25H33N3O3. The van der Waals surface area contributed by atoms with Crippen LogP contribution >= 0.6 is 0 Å². The molecule has 2 aromatic carbocycles. The van der Waals surface area contributed by atoms with Gasteiger partial charge in [0.25, 0.3) is 5.91 Å². The number of benzene rings is 2. The predicted octanol–water partition coefficient (Wildman–Crippen LogP) is 3.43. The Morgan fingerprint density at radius 2 is 1.74 bits per heavy atom. The van der Waals surface area contributed by atoms with Gasteiger partial charge in [-0.05, 0) is 54.7 Å². The monoisotopic (exact) mass is 423 g/mol. The molecule has 31 heavy (non-hydrogen) atoms. The van der Waals surface area contributed by atoms with Crippen molar-refractivity contribution in [1.29, 1.82) is 0 Å². The molecule has 0 saturated carbocycles. The number of hydrogen-bond donors (Lipinski definition) is 0. The predicted molar refractivity (Wildman–Crippen MR) is 123 cm³/mol. The van der Waals surface area contributed by atoms with Crippen LogP contribution in [0.5, 0.6) is 11.5 Å². The lowest BCUT2D eigenvalue weighted by atomic mass is 9.95. The molecule has 0 aromatic heterocycles. The maximum absolute atomic E-state index is 13.4. The summed E-state index contributed by atoms with van der Waals surface area (Å²) in [7, 11) is 7.33. The van der Waals surface area contributed by atoms with E-state index >= 15 is 0 Å². The number of amides is 1. The van der Waals surface area contributed by atoms with Crippen molar-refractivity contribution in [3.05, 3.63) is 53.1 Å². The van der Waals surface area contributed by atoms with Crippen molar-refractivity contribution in [3.63, 3.8) is 0 Å². The lowest BCUT2D eigenvalue weighted by molar-refractivity contribution is 0.0549. The van der Waals surface area contributed by atoms with Gasteiger partial charge >= 0.3 is 0 Å². The van der Waals surface area contributed by atoms with Crippen molar-refractivity contribution >= 4 is 11.6 Å². The van der Waals surface area contributed by atoms with Crippen LogP contribution in [0.25, 0.3) is 0 Å². The van der Waals surface area contributed by atoms with Crippen molar-refractivity contribution in [2.24, 2.45) is 0 Å². The van der Waals surface area contributed by atoms with E-state index in [1.165, 1.54) is 11.1 Å². The van der Waals surface area contributed by atoms with Gasteiger partial charge in [-0.1, -0.05) is 12.1 Å². The second kappa shape index (κ2) is 9.18. The normalized spacial score (nSPS) is 19.0. The van der Waals surface area contributed by atoms with Gasteiger partial charge in [0.2, 0.25) is 0 Å². The fourth-order valence-electron chi connectivity index (χ4n) is 4.87. The highest BCUT2D eigenvalue weighted by Gasteiger charge is 2.31. The SMILES string of the molecule is COc1cc2c(cc1OC)CN(C1CCCN(C(=O)c3ccccc3N(C)C)C1)CC2. The van der Waals surface area contributed by atoms with Crippen LogP contribution in [-0.4, -0.2) is 69.7 Å². The molecule has 0 N–H and O–H groups in total. The number of methoxy groups -OCH3 is 2. The Hall–Kier alpha value is -2.73. The molecule has 2 aliphatic rings. The van der Waals surface area contributed by atoms with Gasteiger partial charge in [0, 0.05) is 52.0 Å². The maximum Gasteiger partial charge on any atom is 0.256 e. The number of anilines is 1. The van der Waals surface area contributed by atoms with Gasteiger partial charge in [0.15, 0.2) is 11.5 Å². The zero-order valence-electron chi connectivity index (χ0n) is 19.1. The Morgan fingerprint density at radius 1 is 1.03 bits per heavy atom. The molecular weight excluding hydrogens is 390 g/mol. The summed E-state index contributed by atoms with van der Waals surface area (Å²) < 4.78 is 11.0. The van der Waals surface area contributed by atoms with E-state index in [4.69, 9.17) is 9.47 Å². The number of rotatable bonds is 5. The van der Waals surface area contributed by atoms with E-state index in [1.807, 2.05) is 48.2 Å². The largest absolute Gasteiger partial charge is 0.493 e. The third-order valence-corrected chi connectivity index (χ3v) is 6.56. The molecule has 4 rings (SSSR count). The molecule has 6 nitrogen and oxygen atoms in total. The maximum atomic E-state index is 13.4. The molecule has 1 atom stereocenters. The van der Waals surface area contributed by atoms with E-state index < -0.39 is 0 Å². The van der Waals surface area contributed by atoms with Gasteiger partial charge in [0.1, 0.15) is 0 Å². The highest BCUT2D eigenvalue weighted by Crippen LogP contribution is 2.34. The molecule has 2 aliphatic heterocycles. The Bertz CT molecular complexity index is 944. The zero-order chi connectivity index (χ0) is 22.0. The van der Waals surface area contributed by atoms with Crippen LogP contribution in [0, 0.1) is 0 Å². The van der Waals surface area contributed by atoms with Crippen LogP contribution in [0.1, 0.15) is 34.3 Å². The van der Waals surface area contributed by atoms with Crippen molar-refractivity contribution in [2.75, 3.05) is 52.8 Å². The number of para-hydroxylation sites is 1. The molecule has 0 spiro atoms. The van der Waals surface area contributed by atoms with E-state index in [1.54, 1.807) is 14.2 Å². The van der Waals surface area contributed by atoms with Crippen LogP contribution < -0.4 is 14.4 Å². The highest BCUT2D eigenvalue weighted by molar-refractivity contribution is 5.99. The van der Waals surface area contributed by atoms with Gasteiger partial charge in [-0.3, -0.25) is 9.69 Å². The molecule has 0 radical (unpaired) electrons. The molecule has 1 saturated heterocycles. The number of likely N-dealkylation sites (tertiary alicyclic amines) is 1. The van der Waals surface area contributed by atoms with Crippen LogP contribution in [0.15, 0.2) is 36.4 Å². The van der Waals surface area contributed by atoms with Gasteiger partial charge in [-0.25, -0.2) is 0 Å². The molecule has 166 valence electrons. The van der Waals surface area contributed by atoms with Gasteiger partial charge in [0.05, 0.1) is 19.8 Å². The number of fused-ring (bicyclic) bond motifs is 1. The standard InChI is InChI=1S/C25H33N3O3/c1-26(2)22-10-6-5-9-21(22)25(29)28-12-7-8-20(17-28)27-13-11-18-14-23(30-3)24(31-4)15-19(18)16-27/h5-6,9-10,14-15,20H,7-8,11-13,16-17H2,1-4H3.